The van der Waals surface area contributed by atoms with E-state index in [0.29, 0.717) is 11.0 Å². The summed E-state index contributed by atoms with van der Waals surface area (Å²) in [5.41, 5.74) is 8.23. The van der Waals surface area contributed by atoms with E-state index in [2.05, 4.69) is 22.3 Å². The molecule has 1 aromatic rings. The molecule has 0 saturated carbocycles. The van der Waals surface area contributed by atoms with Gasteiger partial charge in [0.1, 0.15) is 5.69 Å². The van der Waals surface area contributed by atoms with Gasteiger partial charge in [0.25, 0.3) is 0 Å². The minimum Gasteiger partial charge on any atom is -0.393 e. The number of rotatable bonds is 4. The molecule has 0 spiro atoms. The molecule has 0 aliphatic carbocycles. The first kappa shape index (κ1) is 11.4. The normalized spacial score (nSPS) is 10.2. The van der Waals surface area contributed by atoms with E-state index in [1.54, 1.807) is 0 Å². The lowest BCUT2D eigenvalue weighted by atomic mass is 10.5. The molecule has 0 aromatic carbocycles. The highest BCUT2D eigenvalue weighted by Gasteiger charge is 2.08. The van der Waals surface area contributed by atoms with Crippen molar-refractivity contribution in [3.8, 4) is 0 Å². The number of nitrogens with two attached hydrogens (primary N) is 2. The number of hydrogen-bond acceptors (Lipinski definition) is 6. The molecule has 14 heavy (non-hydrogen) atoms. The van der Waals surface area contributed by atoms with Crippen molar-refractivity contribution in [2.45, 2.75) is 18.5 Å². The van der Waals surface area contributed by atoms with Gasteiger partial charge < -0.3 is 11.2 Å². The van der Waals surface area contributed by atoms with Gasteiger partial charge in [0.05, 0.1) is 0 Å². The fourth-order valence-corrected chi connectivity index (χ4v) is 1.71. The van der Waals surface area contributed by atoms with Gasteiger partial charge in [0, 0.05) is 5.75 Å². The van der Waals surface area contributed by atoms with Crippen LogP contribution in [-0.2, 0) is 0 Å². The maximum absolute atomic E-state index is 5.79. The Labute approximate surface area is 91.6 Å². The van der Waals surface area contributed by atoms with E-state index in [0.717, 1.165) is 12.2 Å². The number of anilines is 2. The first-order valence-electron chi connectivity index (χ1n) is 4.11. The predicted molar refractivity (Wildman–Crippen MR) is 60.3 cm³/mol. The zero-order chi connectivity index (χ0) is 10.6. The maximum atomic E-state index is 5.79. The summed E-state index contributed by atoms with van der Waals surface area (Å²) in [6.07, 6.45) is 1.04. The summed E-state index contributed by atoms with van der Waals surface area (Å²) in [6.45, 7) is 2.08. The number of hydrogen-bond donors (Lipinski definition) is 3. The zero-order valence-electron chi connectivity index (χ0n) is 7.75. The summed E-state index contributed by atoms with van der Waals surface area (Å²) < 4.78 is 0. The SMILES string of the molecule is CCCSc1nc(Cl)c(N)c(NN)n1. The topological polar surface area (TPSA) is 89.8 Å². The number of nitrogens with zero attached hydrogens (tertiary/aromatic N) is 2. The summed E-state index contributed by atoms with van der Waals surface area (Å²) in [4.78, 5) is 8.11. The highest BCUT2D eigenvalue weighted by atomic mass is 35.5. The first-order chi connectivity index (χ1) is 6.69. The predicted octanol–water partition coefficient (Wildman–Crippen LogP) is 1.50. The number of halogens is 1. The maximum Gasteiger partial charge on any atom is 0.191 e. The monoisotopic (exact) mass is 233 g/mol. The second-order valence-corrected chi connectivity index (χ2v) is 3.97. The van der Waals surface area contributed by atoms with Crippen LogP contribution in [0.3, 0.4) is 0 Å². The molecule has 5 nitrogen and oxygen atoms in total. The molecule has 78 valence electrons. The Morgan fingerprint density at radius 3 is 2.79 bits per heavy atom. The number of nitrogens with one attached hydrogen (secondary N) is 1. The molecule has 0 atom stereocenters. The van der Waals surface area contributed by atoms with Crippen LogP contribution < -0.4 is 17.0 Å². The van der Waals surface area contributed by atoms with Gasteiger partial charge in [0.2, 0.25) is 0 Å². The molecule has 1 heterocycles. The van der Waals surface area contributed by atoms with Gasteiger partial charge in [-0.1, -0.05) is 30.3 Å². The van der Waals surface area contributed by atoms with Crippen molar-refractivity contribution in [3.05, 3.63) is 5.15 Å². The molecular weight excluding hydrogens is 222 g/mol. The number of aromatic nitrogens is 2. The van der Waals surface area contributed by atoms with Gasteiger partial charge in [-0.15, -0.1) is 0 Å². The van der Waals surface area contributed by atoms with Crippen molar-refractivity contribution in [1.82, 2.24) is 9.97 Å². The van der Waals surface area contributed by atoms with Crippen molar-refractivity contribution < 1.29 is 0 Å². The van der Waals surface area contributed by atoms with Gasteiger partial charge in [-0.2, -0.15) is 0 Å². The van der Waals surface area contributed by atoms with E-state index < -0.39 is 0 Å². The quantitative estimate of drug-likeness (QED) is 0.240. The lowest BCUT2D eigenvalue weighted by molar-refractivity contribution is 0.962. The second-order valence-electron chi connectivity index (χ2n) is 2.55. The third-order valence-electron chi connectivity index (χ3n) is 1.45. The van der Waals surface area contributed by atoms with E-state index >= 15 is 0 Å². The number of nitrogen functional groups attached to an aromatic ring is 2. The minimum absolute atomic E-state index is 0.228. The summed E-state index contributed by atoms with van der Waals surface area (Å²) in [5.74, 6) is 6.53. The van der Waals surface area contributed by atoms with Crippen molar-refractivity contribution in [2.75, 3.05) is 16.9 Å². The Balaban J connectivity index is 2.91. The fourth-order valence-electron chi connectivity index (χ4n) is 0.791. The van der Waals surface area contributed by atoms with Crippen molar-refractivity contribution in [3.63, 3.8) is 0 Å². The summed E-state index contributed by atoms with van der Waals surface area (Å²) in [5, 5.41) is 0.811. The van der Waals surface area contributed by atoms with Crippen LogP contribution in [0.15, 0.2) is 5.16 Å². The van der Waals surface area contributed by atoms with E-state index in [1.807, 2.05) is 0 Å². The lowest BCUT2D eigenvalue weighted by Crippen LogP contribution is -2.12. The van der Waals surface area contributed by atoms with E-state index in [4.69, 9.17) is 23.2 Å². The van der Waals surface area contributed by atoms with Crippen LogP contribution in [0.1, 0.15) is 13.3 Å². The molecule has 0 bridgehead atoms. The lowest BCUT2D eigenvalue weighted by Gasteiger charge is -2.06. The minimum atomic E-state index is 0.228. The highest BCUT2D eigenvalue weighted by molar-refractivity contribution is 7.99. The van der Waals surface area contributed by atoms with E-state index in [-0.39, 0.29) is 10.8 Å². The van der Waals surface area contributed by atoms with Gasteiger partial charge in [0.15, 0.2) is 16.1 Å². The molecule has 0 saturated heterocycles. The second kappa shape index (κ2) is 5.23. The standard InChI is InChI=1S/C7H12ClN5S/c1-2-3-14-7-11-5(8)4(9)6(12-7)13-10/h2-3,9-10H2,1H3,(H,11,12,13). The van der Waals surface area contributed by atoms with Crippen LogP contribution in [0, 0.1) is 0 Å². The summed E-state index contributed by atoms with van der Waals surface area (Å²) >= 11 is 7.31. The average Bonchev–Trinajstić information content (AvgIpc) is 2.19. The van der Waals surface area contributed by atoms with Gasteiger partial charge in [-0.25, -0.2) is 15.8 Å². The van der Waals surface area contributed by atoms with E-state index in [9.17, 15) is 0 Å². The van der Waals surface area contributed by atoms with Crippen LogP contribution >= 0.6 is 23.4 Å². The third-order valence-corrected chi connectivity index (χ3v) is 2.79. The molecule has 1 rings (SSSR count). The van der Waals surface area contributed by atoms with Gasteiger partial charge in [-0.05, 0) is 6.42 Å². The number of thioether (sulfide) groups is 1. The Bertz CT molecular complexity index is 319. The largest absolute Gasteiger partial charge is 0.393 e. The Morgan fingerprint density at radius 1 is 1.50 bits per heavy atom. The molecule has 0 aliphatic heterocycles. The smallest absolute Gasteiger partial charge is 0.191 e. The molecule has 7 heteroatoms. The molecule has 0 radical (unpaired) electrons. The third kappa shape index (κ3) is 2.63. The van der Waals surface area contributed by atoms with Crippen molar-refractivity contribution >= 4 is 34.9 Å². The van der Waals surface area contributed by atoms with Gasteiger partial charge >= 0.3 is 0 Å². The van der Waals surface area contributed by atoms with Crippen LogP contribution in [0.4, 0.5) is 11.5 Å². The first-order valence-corrected chi connectivity index (χ1v) is 5.47. The van der Waals surface area contributed by atoms with Gasteiger partial charge in [-0.3, -0.25) is 0 Å². The molecular formula is C7H12ClN5S. The fraction of sp³-hybridized carbons (Fsp3) is 0.429. The average molecular weight is 234 g/mol. The van der Waals surface area contributed by atoms with Crippen LogP contribution in [0.2, 0.25) is 5.15 Å². The Kier molecular flexibility index (Phi) is 4.24. The van der Waals surface area contributed by atoms with Crippen LogP contribution in [-0.4, -0.2) is 15.7 Å². The summed E-state index contributed by atoms with van der Waals surface area (Å²) in [6, 6.07) is 0. The molecule has 0 amide bonds. The number of hydrazine groups is 1. The Morgan fingerprint density at radius 2 is 2.21 bits per heavy atom. The summed E-state index contributed by atoms with van der Waals surface area (Å²) in [7, 11) is 0. The highest BCUT2D eigenvalue weighted by Crippen LogP contribution is 2.26. The molecule has 0 fully saturated rings. The van der Waals surface area contributed by atoms with Crippen LogP contribution in [0.25, 0.3) is 0 Å². The van der Waals surface area contributed by atoms with Crippen LogP contribution in [0.5, 0.6) is 0 Å². The van der Waals surface area contributed by atoms with Crippen molar-refractivity contribution in [1.29, 1.82) is 0 Å². The molecule has 0 aliphatic rings. The van der Waals surface area contributed by atoms with Crippen molar-refractivity contribution in [2.24, 2.45) is 5.84 Å². The molecule has 0 unspecified atom stereocenters. The zero-order valence-corrected chi connectivity index (χ0v) is 9.32. The van der Waals surface area contributed by atoms with E-state index in [1.165, 1.54) is 11.8 Å². The molecule has 5 N–H and O–H groups in total. The Hall–Kier alpha value is -0.720. The molecule has 1 aromatic heterocycles.